The van der Waals surface area contributed by atoms with Crippen LogP contribution >= 0.6 is 80.9 Å². The molecular formula is C22H17Cl5IN3O4. The van der Waals surface area contributed by atoms with Crippen molar-refractivity contribution < 1.29 is 18.7 Å². The maximum absolute atomic E-state index is 13.0. The first kappa shape index (κ1) is 27.0. The second-order valence-corrected chi connectivity index (χ2v) is 12.0. The van der Waals surface area contributed by atoms with Gasteiger partial charge in [0.25, 0.3) is 11.8 Å². The molecule has 186 valence electrons. The molecule has 7 nitrogen and oxygen atoms in total. The summed E-state index contributed by atoms with van der Waals surface area (Å²) in [5.41, 5.74) is 1.32. The first-order valence-electron chi connectivity index (χ1n) is 10.3. The normalized spacial score (nSPS) is 20.7. The second kappa shape index (κ2) is 10.8. The lowest BCUT2D eigenvalue weighted by atomic mass is 10.1. The van der Waals surface area contributed by atoms with Crippen molar-refractivity contribution in [1.29, 1.82) is 0 Å². The van der Waals surface area contributed by atoms with Crippen LogP contribution in [-0.4, -0.2) is 52.7 Å². The number of anilines is 1. The zero-order chi connectivity index (χ0) is 25.5. The summed E-state index contributed by atoms with van der Waals surface area (Å²) in [5, 5.41) is 6.32. The summed E-state index contributed by atoms with van der Waals surface area (Å²) < 4.78 is 3.92. The summed E-state index contributed by atoms with van der Waals surface area (Å²) in [5.74, 6) is -2.23. The van der Waals surface area contributed by atoms with Crippen molar-refractivity contribution in [2.45, 2.75) is 16.3 Å². The molecule has 35 heavy (non-hydrogen) atoms. The van der Waals surface area contributed by atoms with E-state index >= 15 is 0 Å². The first-order chi connectivity index (χ1) is 16.5. The molecule has 0 radical (unpaired) electrons. The van der Waals surface area contributed by atoms with Crippen LogP contribution in [0.2, 0.25) is 10.0 Å². The molecule has 2 unspecified atom stereocenters. The molecule has 4 rings (SSSR count). The van der Waals surface area contributed by atoms with Crippen LogP contribution in [0.15, 0.2) is 36.4 Å². The fraction of sp³-hybridized carbons (Fsp3) is 0.318. The van der Waals surface area contributed by atoms with Crippen molar-refractivity contribution in [2.24, 2.45) is 5.92 Å². The summed E-state index contributed by atoms with van der Waals surface area (Å²) >= 11 is 32.5. The molecule has 2 aromatic carbocycles. The van der Waals surface area contributed by atoms with Crippen molar-refractivity contribution >= 4 is 104 Å². The Labute approximate surface area is 240 Å². The Kier molecular flexibility index (Phi) is 8.32. The Morgan fingerprint density at radius 3 is 2.49 bits per heavy atom. The molecule has 2 fully saturated rings. The standard InChI is InChI=1S/C22H17Cl5IN3O4/c23-11-3-10(4-12(28)5-11)18-19(22(18,25)26)21(34)29-13-1-2-16(24)15(6-13)20(33)30-14-7-31(8-14)17(32)9-35-27/h1-6,14,18-19H,7-9H2,(H,29,34)(H,30,33). The van der Waals surface area contributed by atoms with Crippen LogP contribution in [-0.2, 0) is 13.9 Å². The van der Waals surface area contributed by atoms with Gasteiger partial charge in [0.1, 0.15) is 10.9 Å². The van der Waals surface area contributed by atoms with Gasteiger partial charge in [0.15, 0.2) is 0 Å². The van der Waals surface area contributed by atoms with E-state index in [9.17, 15) is 14.4 Å². The zero-order valence-corrected chi connectivity index (χ0v) is 23.6. The number of nitrogens with one attached hydrogen (secondary N) is 2. The Bertz CT molecular complexity index is 1170. The third-order valence-electron chi connectivity index (χ3n) is 5.81. The summed E-state index contributed by atoms with van der Waals surface area (Å²) in [6, 6.07) is 9.74. The fourth-order valence-corrected chi connectivity index (χ4v) is 6.24. The van der Waals surface area contributed by atoms with Gasteiger partial charge in [-0.3, -0.25) is 18.7 Å². The molecule has 3 amide bonds. The predicted octanol–water partition coefficient (Wildman–Crippen LogP) is 5.24. The van der Waals surface area contributed by atoms with Gasteiger partial charge in [-0.05, 0) is 64.6 Å². The summed E-state index contributed by atoms with van der Waals surface area (Å²) in [6.07, 6.45) is 0. The number of nitrogens with zero attached hydrogens (tertiary/aromatic N) is 1. The number of hydrogen-bond donors (Lipinski definition) is 2. The molecule has 2 aromatic rings. The van der Waals surface area contributed by atoms with E-state index in [-0.39, 0.29) is 29.1 Å². The average molecular weight is 692 g/mol. The van der Waals surface area contributed by atoms with E-state index < -0.39 is 28.0 Å². The van der Waals surface area contributed by atoms with Gasteiger partial charge in [-0.15, -0.1) is 23.2 Å². The van der Waals surface area contributed by atoms with Crippen molar-refractivity contribution in [3.05, 3.63) is 61.1 Å². The highest BCUT2D eigenvalue weighted by molar-refractivity contribution is 14.1. The minimum Gasteiger partial charge on any atom is -0.346 e. The summed E-state index contributed by atoms with van der Waals surface area (Å²) in [7, 11) is 0. The SMILES string of the molecule is O=C(NC1CN(C(=O)COCl)C1)c1cc(NC(=O)C2C(c3cc(Cl)cc(I)c3)C2(Cl)Cl)ccc1Cl. The van der Waals surface area contributed by atoms with Gasteiger partial charge in [0.2, 0.25) is 5.91 Å². The third-order valence-corrected chi connectivity index (χ3v) is 8.03. The highest BCUT2D eigenvalue weighted by atomic mass is 127. The van der Waals surface area contributed by atoms with E-state index in [4.69, 9.17) is 58.3 Å². The van der Waals surface area contributed by atoms with Crippen molar-refractivity contribution in [2.75, 3.05) is 25.0 Å². The molecule has 1 aliphatic heterocycles. The Balaban J connectivity index is 1.40. The largest absolute Gasteiger partial charge is 0.346 e. The van der Waals surface area contributed by atoms with E-state index in [1.165, 1.54) is 17.0 Å². The van der Waals surface area contributed by atoms with Crippen LogP contribution in [0.5, 0.6) is 0 Å². The van der Waals surface area contributed by atoms with Crippen LogP contribution in [0, 0.1) is 9.49 Å². The molecule has 0 bridgehead atoms. The van der Waals surface area contributed by atoms with Gasteiger partial charge in [0.05, 0.1) is 34.4 Å². The van der Waals surface area contributed by atoms with Crippen LogP contribution in [0.1, 0.15) is 21.8 Å². The van der Waals surface area contributed by atoms with Gasteiger partial charge in [-0.1, -0.05) is 23.2 Å². The average Bonchev–Trinajstić information content (AvgIpc) is 3.33. The summed E-state index contributed by atoms with van der Waals surface area (Å²) in [4.78, 5) is 38.9. The molecule has 1 heterocycles. The third kappa shape index (κ3) is 5.95. The van der Waals surface area contributed by atoms with E-state index in [1.807, 2.05) is 6.07 Å². The highest BCUT2D eigenvalue weighted by Crippen LogP contribution is 2.65. The van der Waals surface area contributed by atoms with Crippen molar-refractivity contribution in [3.8, 4) is 0 Å². The van der Waals surface area contributed by atoms with Gasteiger partial charge < -0.3 is 15.5 Å². The van der Waals surface area contributed by atoms with Crippen LogP contribution in [0.3, 0.4) is 0 Å². The Hall–Kier alpha value is -1.01. The van der Waals surface area contributed by atoms with E-state index in [1.54, 1.807) is 18.2 Å². The number of benzene rings is 2. The zero-order valence-electron chi connectivity index (χ0n) is 17.7. The molecule has 2 N–H and O–H groups in total. The molecule has 1 saturated carbocycles. The lowest BCUT2D eigenvalue weighted by Gasteiger charge is -2.39. The van der Waals surface area contributed by atoms with Gasteiger partial charge in [-0.25, -0.2) is 0 Å². The number of hydrogen-bond acceptors (Lipinski definition) is 4. The molecule has 0 aromatic heterocycles. The van der Waals surface area contributed by atoms with E-state index in [0.29, 0.717) is 23.8 Å². The van der Waals surface area contributed by atoms with Crippen molar-refractivity contribution in [3.63, 3.8) is 0 Å². The van der Waals surface area contributed by atoms with Crippen LogP contribution < -0.4 is 10.6 Å². The number of rotatable bonds is 7. The van der Waals surface area contributed by atoms with E-state index in [2.05, 4.69) is 37.5 Å². The number of carbonyl (C=O) groups excluding carboxylic acids is 3. The lowest BCUT2D eigenvalue weighted by Crippen LogP contribution is -2.61. The first-order valence-corrected chi connectivity index (χ1v) is 13.2. The van der Waals surface area contributed by atoms with E-state index in [0.717, 1.165) is 9.13 Å². The minimum absolute atomic E-state index is 0.179. The monoisotopic (exact) mass is 689 g/mol. The van der Waals surface area contributed by atoms with Crippen LogP contribution in [0.25, 0.3) is 0 Å². The highest BCUT2D eigenvalue weighted by Gasteiger charge is 2.67. The maximum atomic E-state index is 13.0. The molecule has 13 heteroatoms. The maximum Gasteiger partial charge on any atom is 0.253 e. The van der Waals surface area contributed by atoms with Crippen LogP contribution in [0.4, 0.5) is 5.69 Å². The Morgan fingerprint density at radius 2 is 1.83 bits per heavy atom. The number of amides is 3. The van der Waals surface area contributed by atoms with Gasteiger partial charge >= 0.3 is 0 Å². The molecular weight excluding hydrogens is 674 g/mol. The predicted molar refractivity (Wildman–Crippen MR) is 145 cm³/mol. The Morgan fingerprint density at radius 1 is 1.11 bits per heavy atom. The van der Waals surface area contributed by atoms with Crippen molar-refractivity contribution in [1.82, 2.24) is 10.2 Å². The number of likely N-dealkylation sites (tertiary alicyclic amines) is 1. The molecule has 0 spiro atoms. The smallest absolute Gasteiger partial charge is 0.253 e. The molecule has 1 saturated heterocycles. The minimum atomic E-state index is -1.29. The number of halogens is 6. The topological polar surface area (TPSA) is 87.7 Å². The molecule has 2 atom stereocenters. The van der Waals surface area contributed by atoms with Gasteiger partial charge in [-0.2, -0.15) is 0 Å². The molecule has 1 aliphatic carbocycles. The number of carbonyl (C=O) groups is 3. The molecule has 2 aliphatic rings. The fourth-order valence-electron chi connectivity index (χ4n) is 3.99. The summed E-state index contributed by atoms with van der Waals surface area (Å²) in [6.45, 7) is 0.426. The quantitative estimate of drug-likeness (QED) is 0.308. The number of alkyl halides is 2. The lowest BCUT2D eigenvalue weighted by molar-refractivity contribution is -0.138. The second-order valence-electron chi connectivity index (χ2n) is 8.24. The van der Waals surface area contributed by atoms with Gasteiger partial charge in [0, 0.05) is 33.3 Å².